The number of aromatic nitrogens is 2. The number of fused-ring (bicyclic) bond motifs is 1. The fraction of sp³-hybridized carbons (Fsp3) is 0.316. The number of alkyl carbamates (subject to hydrolysis) is 2. The number of nitrogens with one attached hydrogen (secondary N) is 4. The molecule has 0 aliphatic carbocycles. The van der Waals surface area contributed by atoms with Crippen LogP contribution < -0.4 is 26.2 Å². The van der Waals surface area contributed by atoms with Crippen LogP contribution in [0.4, 0.5) is 31.4 Å². The van der Waals surface area contributed by atoms with Gasteiger partial charge in [0.25, 0.3) is 5.91 Å². The molecule has 52 heavy (non-hydrogen) atoms. The molecular weight excluding hydrogens is 666 g/mol. The van der Waals surface area contributed by atoms with Gasteiger partial charge in [0.1, 0.15) is 12.2 Å². The van der Waals surface area contributed by atoms with E-state index in [1.807, 2.05) is 54.3 Å². The van der Waals surface area contributed by atoms with Crippen molar-refractivity contribution in [1.29, 1.82) is 0 Å². The Balaban J connectivity index is 1.42. The highest BCUT2D eigenvalue weighted by atomic mass is 16.6. The Morgan fingerprint density at radius 1 is 0.942 bits per heavy atom. The molecule has 4 amide bonds. The van der Waals surface area contributed by atoms with Crippen molar-refractivity contribution in [3.05, 3.63) is 96.5 Å². The molecule has 0 bridgehead atoms. The normalized spacial score (nSPS) is 17.0. The number of hydrogen-bond donors (Lipinski definition) is 4. The van der Waals surface area contributed by atoms with Gasteiger partial charge in [-0.3, -0.25) is 15.1 Å². The number of ether oxygens (including phenoxy) is 3. The summed E-state index contributed by atoms with van der Waals surface area (Å²) >= 11 is 0. The lowest BCUT2D eigenvalue weighted by Crippen LogP contribution is -2.64. The zero-order chi connectivity index (χ0) is 37.4. The molecule has 14 nitrogen and oxygen atoms in total. The lowest BCUT2D eigenvalue weighted by atomic mass is 9.89. The first-order valence-corrected chi connectivity index (χ1v) is 16.7. The summed E-state index contributed by atoms with van der Waals surface area (Å²) in [5.41, 5.74) is 2.43. The Hall–Kier alpha value is -6.18. The van der Waals surface area contributed by atoms with Crippen molar-refractivity contribution < 1.29 is 33.4 Å². The van der Waals surface area contributed by atoms with E-state index in [9.17, 15) is 19.2 Å². The molecule has 3 unspecified atom stereocenters. The number of anilines is 3. The molecular formula is C38H43N7O7. The van der Waals surface area contributed by atoms with Crippen molar-refractivity contribution in [1.82, 2.24) is 20.6 Å². The average Bonchev–Trinajstić information content (AvgIpc) is 3.11. The summed E-state index contributed by atoms with van der Waals surface area (Å²) in [7, 11) is 1.27. The fourth-order valence-corrected chi connectivity index (χ4v) is 5.90. The number of pyridine rings is 2. The van der Waals surface area contributed by atoms with E-state index in [1.54, 1.807) is 51.2 Å². The van der Waals surface area contributed by atoms with Crippen molar-refractivity contribution in [2.75, 3.05) is 35.7 Å². The third kappa shape index (κ3) is 9.53. The van der Waals surface area contributed by atoms with Crippen LogP contribution in [0.1, 0.15) is 49.3 Å². The van der Waals surface area contributed by atoms with Crippen molar-refractivity contribution in [2.45, 2.75) is 52.0 Å². The number of benzene rings is 2. The molecule has 1 saturated heterocycles. The molecule has 1 fully saturated rings. The van der Waals surface area contributed by atoms with E-state index in [2.05, 4.69) is 37.8 Å². The van der Waals surface area contributed by atoms with Gasteiger partial charge in [0, 0.05) is 24.7 Å². The van der Waals surface area contributed by atoms with E-state index in [-0.39, 0.29) is 30.5 Å². The third-order valence-corrected chi connectivity index (χ3v) is 8.27. The van der Waals surface area contributed by atoms with Gasteiger partial charge >= 0.3 is 18.3 Å². The lowest BCUT2D eigenvalue weighted by Gasteiger charge is -2.44. The molecule has 4 N–H and O–H groups in total. The van der Waals surface area contributed by atoms with Gasteiger partial charge in [-0.2, -0.15) is 0 Å². The van der Waals surface area contributed by atoms with Gasteiger partial charge in [-0.1, -0.05) is 62.0 Å². The first-order valence-electron chi connectivity index (χ1n) is 16.7. The average molecular weight is 710 g/mol. The minimum Gasteiger partial charge on any atom is -0.453 e. The first-order chi connectivity index (χ1) is 24.8. The number of carbonyl (C=O) groups is 4. The van der Waals surface area contributed by atoms with Crippen molar-refractivity contribution in [3.63, 3.8) is 0 Å². The van der Waals surface area contributed by atoms with Crippen molar-refractivity contribution >= 4 is 58.2 Å². The Morgan fingerprint density at radius 3 is 2.42 bits per heavy atom. The van der Waals surface area contributed by atoms with Crippen LogP contribution in [0.2, 0.25) is 0 Å². The highest BCUT2D eigenvalue weighted by molar-refractivity contribution is 6.11. The van der Waals surface area contributed by atoms with Gasteiger partial charge in [-0.25, -0.2) is 19.4 Å². The maximum Gasteiger partial charge on any atom is 0.412 e. The van der Waals surface area contributed by atoms with Gasteiger partial charge < -0.3 is 35.1 Å². The lowest BCUT2D eigenvalue weighted by molar-refractivity contribution is 0.0476. The van der Waals surface area contributed by atoms with Crippen LogP contribution in [0.25, 0.3) is 17.0 Å². The maximum atomic E-state index is 14.1. The van der Waals surface area contributed by atoms with Crippen LogP contribution >= 0.6 is 0 Å². The first kappa shape index (κ1) is 37.1. The van der Waals surface area contributed by atoms with Crippen LogP contribution in [0.15, 0.2) is 79.6 Å². The summed E-state index contributed by atoms with van der Waals surface area (Å²) in [5, 5.41) is 12.0. The molecule has 3 atom stereocenters. The smallest absolute Gasteiger partial charge is 0.412 e. The largest absolute Gasteiger partial charge is 0.453 e. The number of methoxy groups -OCH3 is 1. The number of nitrogens with zero attached hydrogens (tertiary/aromatic N) is 3. The molecule has 1 aliphatic rings. The Kier molecular flexibility index (Phi) is 11.6. The summed E-state index contributed by atoms with van der Waals surface area (Å²) in [6, 6.07) is 17.0. The summed E-state index contributed by atoms with van der Waals surface area (Å²) < 4.78 is 15.8. The summed E-state index contributed by atoms with van der Waals surface area (Å²) in [6.45, 7) is 11.7. The van der Waals surface area contributed by atoms with Crippen LogP contribution in [0.5, 0.6) is 0 Å². The predicted octanol–water partition coefficient (Wildman–Crippen LogP) is 6.35. The van der Waals surface area contributed by atoms with E-state index in [4.69, 9.17) is 14.2 Å². The molecule has 0 spiro atoms. The third-order valence-electron chi connectivity index (χ3n) is 8.27. The molecule has 2 aromatic carbocycles. The van der Waals surface area contributed by atoms with Crippen molar-refractivity contribution in [2.24, 2.45) is 5.92 Å². The molecule has 5 rings (SSSR count). The van der Waals surface area contributed by atoms with Crippen LogP contribution in [-0.4, -0.2) is 72.0 Å². The Morgan fingerprint density at radius 2 is 1.71 bits per heavy atom. The maximum absolute atomic E-state index is 14.1. The van der Waals surface area contributed by atoms with Gasteiger partial charge in [0.05, 0.1) is 48.0 Å². The highest BCUT2D eigenvalue weighted by Crippen LogP contribution is 2.31. The van der Waals surface area contributed by atoms with E-state index >= 15 is 0 Å². The fourth-order valence-electron chi connectivity index (χ4n) is 5.90. The topological polar surface area (TPSA) is 173 Å². The molecule has 1 aliphatic heterocycles. The molecule has 2 aromatic heterocycles. The monoisotopic (exact) mass is 709 g/mol. The number of carbonyl (C=O) groups excluding carboxylic acids is 4. The van der Waals surface area contributed by atoms with Crippen molar-refractivity contribution in [3.8, 4) is 0 Å². The second kappa shape index (κ2) is 16.2. The molecule has 0 saturated carbocycles. The van der Waals surface area contributed by atoms with Gasteiger partial charge in [-0.05, 0) is 56.0 Å². The summed E-state index contributed by atoms with van der Waals surface area (Å²) in [5.74, 6) is -0.805. The Labute approximate surface area is 301 Å². The highest BCUT2D eigenvalue weighted by Gasteiger charge is 2.38. The number of rotatable bonds is 9. The molecule has 272 valence electrons. The van der Waals surface area contributed by atoms with E-state index in [0.717, 1.165) is 11.1 Å². The minimum absolute atomic E-state index is 0.0327. The number of hydrogen-bond acceptors (Lipinski definition) is 10. The molecule has 4 aromatic rings. The Bertz CT molecular complexity index is 1950. The number of piperidine rings is 1. The predicted molar refractivity (Wildman–Crippen MR) is 198 cm³/mol. The second-order valence-electron chi connectivity index (χ2n) is 13.4. The zero-order valence-electron chi connectivity index (χ0n) is 29.8. The van der Waals surface area contributed by atoms with Gasteiger partial charge in [0.15, 0.2) is 5.69 Å². The van der Waals surface area contributed by atoms with Gasteiger partial charge in [-0.15, -0.1) is 0 Å². The SMILES string of the molecule is C=Cc1ccc2cc(NC(=O)OCc3ccccc3)c(C(=O)Nc3cnccc3N3CC(C)C(NC(=O)OC)C(NC(=O)OC(C)(C)C)C3)nc2c1. The van der Waals surface area contributed by atoms with E-state index < -0.39 is 41.9 Å². The molecule has 0 radical (unpaired) electrons. The van der Waals surface area contributed by atoms with Crippen LogP contribution in [0, 0.1) is 5.92 Å². The quantitative estimate of drug-likeness (QED) is 0.144. The summed E-state index contributed by atoms with van der Waals surface area (Å²) in [4.78, 5) is 63.1. The standard InChI is InChI=1S/C38H43N7O7/c1-7-24-13-14-26-18-28(42-36(48)51-22-25-11-9-8-10-12-25)33(40-27(26)17-24)34(46)41-29-19-39-16-15-31(29)45-20-23(2)32(44-35(47)50-6)30(21-45)43-37(49)52-38(3,4)5/h7-19,23,30,32H,1,20-22H2,2-6H3,(H,41,46)(H,42,48)(H,43,49)(H,44,47). The van der Waals surface area contributed by atoms with Crippen LogP contribution in [-0.2, 0) is 20.8 Å². The van der Waals surface area contributed by atoms with Crippen LogP contribution in [0.3, 0.4) is 0 Å². The molecule has 14 heteroatoms. The minimum atomic E-state index is -0.759. The van der Waals surface area contributed by atoms with Gasteiger partial charge in [0.2, 0.25) is 0 Å². The summed E-state index contributed by atoms with van der Waals surface area (Å²) in [6.07, 6.45) is 2.73. The number of amides is 4. The van der Waals surface area contributed by atoms with E-state index in [0.29, 0.717) is 28.8 Å². The molecule has 3 heterocycles. The second-order valence-corrected chi connectivity index (χ2v) is 13.4. The van der Waals surface area contributed by atoms with E-state index in [1.165, 1.54) is 13.3 Å². The zero-order valence-corrected chi connectivity index (χ0v) is 29.8.